The van der Waals surface area contributed by atoms with E-state index in [1.54, 1.807) is 26.6 Å². The molecule has 13 heteroatoms. The molecule has 4 atom stereocenters. The molecule has 0 amide bonds. The third-order valence-electron chi connectivity index (χ3n) is 10.3. The van der Waals surface area contributed by atoms with Crippen molar-refractivity contribution in [1.82, 2.24) is 29.1 Å². The van der Waals surface area contributed by atoms with Crippen LogP contribution in [0.5, 0.6) is 5.75 Å². The molecule has 3 heterocycles. The molecular weight excluding hydrogens is 666 g/mol. The molecule has 0 radical (unpaired) electrons. The van der Waals surface area contributed by atoms with E-state index in [1.807, 2.05) is 36.4 Å². The van der Waals surface area contributed by atoms with Crippen LogP contribution < -0.4 is 20.2 Å². The summed E-state index contributed by atoms with van der Waals surface area (Å²) in [6.07, 6.45) is 6.84. The molecule has 0 saturated carbocycles. The largest absolute Gasteiger partial charge is 0.493 e. The van der Waals surface area contributed by atoms with Gasteiger partial charge in [0.25, 0.3) is 0 Å². The van der Waals surface area contributed by atoms with E-state index in [0.29, 0.717) is 30.2 Å². The summed E-state index contributed by atoms with van der Waals surface area (Å²) in [6.45, 7) is 10.2. The Kier molecular flexibility index (Phi) is 12.0. The van der Waals surface area contributed by atoms with E-state index in [2.05, 4.69) is 57.9 Å². The summed E-state index contributed by atoms with van der Waals surface area (Å²) in [6, 6.07) is 19.7. The number of hydrogen-bond donors (Lipinski definition) is 1. The number of piperazine rings is 1. The van der Waals surface area contributed by atoms with Crippen LogP contribution in [0.15, 0.2) is 90.5 Å². The molecule has 6 rings (SSSR count). The van der Waals surface area contributed by atoms with Gasteiger partial charge >= 0.3 is 5.69 Å². The summed E-state index contributed by atoms with van der Waals surface area (Å²) in [5.74, 6) is -0.880. The number of aliphatic hydroxyl groups is 1. The lowest BCUT2D eigenvalue weighted by Crippen LogP contribution is -2.46. The molecule has 11 nitrogen and oxygen atoms in total. The molecule has 1 fully saturated rings. The molecular formula is C39H48F2N8O3. The lowest BCUT2D eigenvalue weighted by Gasteiger charge is -2.37. The minimum atomic E-state index is -0.638. The van der Waals surface area contributed by atoms with Gasteiger partial charge in [0.2, 0.25) is 0 Å². The van der Waals surface area contributed by atoms with Gasteiger partial charge in [-0.25, -0.2) is 27.8 Å². The summed E-state index contributed by atoms with van der Waals surface area (Å²) in [7, 11) is 0. The van der Waals surface area contributed by atoms with E-state index in [9.17, 15) is 18.7 Å². The highest BCUT2D eigenvalue weighted by atomic mass is 19.1. The lowest BCUT2D eigenvalue weighted by atomic mass is 9.88. The minimum absolute atomic E-state index is 0.0835. The normalized spacial score (nSPS) is 15.7. The first-order valence-corrected chi connectivity index (χ1v) is 18.1. The molecule has 2 aromatic heterocycles. The summed E-state index contributed by atoms with van der Waals surface area (Å²) in [4.78, 5) is 21.9. The van der Waals surface area contributed by atoms with Gasteiger partial charge in [-0.3, -0.25) is 4.68 Å². The van der Waals surface area contributed by atoms with Crippen LogP contribution in [-0.2, 0) is 6.54 Å². The first-order chi connectivity index (χ1) is 25.3. The first-order valence-electron chi connectivity index (χ1n) is 18.1. The van der Waals surface area contributed by atoms with E-state index < -0.39 is 11.6 Å². The summed E-state index contributed by atoms with van der Waals surface area (Å²) in [5, 5.41) is 18.8. The van der Waals surface area contributed by atoms with Crippen molar-refractivity contribution in [2.75, 3.05) is 49.2 Å². The predicted octanol–water partition coefficient (Wildman–Crippen LogP) is 6.09. The van der Waals surface area contributed by atoms with Crippen molar-refractivity contribution < 1.29 is 18.6 Å². The summed E-state index contributed by atoms with van der Waals surface area (Å²) in [5.41, 5.74) is 3.27. The monoisotopic (exact) mass is 714 g/mol. The Morgan fingerprint density at radius 1 is 0.846 bits per heavy atom. The lowest BCUT2D eigenvalue weighted by molar-refractivity contribution is 0.147. The van der Waals surface area contributed by atoms with Crippen LogP contribution in [0, 0.1) is 23.5 Å². The maximum absolute atomic E-state index is 14.8. The van der Waals surface area contributed by atoms with Gasteiger partial charge in [-0.2, -0.15) is 10.2 Å². The van der Waals surface area contributed by atoms with Crippen molar-refractivity contribution >= 4 is 11.4 Å². The van der Waals surface area contributed by atoms with Gasteiger partial charge in [-0.15, -0.1) is 0 Å². The van der Waals surface area contributed by atoms with Crippen LogP contribution in [0.1, 0.15) is 57.6 Å². The fourth-order valence-electron chi connectivity index (χ4n) is 7.11. The molecule has 0 aliphatic carbocycles. The Morgan fingerprint density at radius 3 is 2.08 bits per heavy atom. The number of aliphatic hydroxyl groups excluding tert-OH is 1. The molecule has 5 aromatic rings. The van der Waals surface area contributed by atoms with Crippen LogP contribution in [0.25, 0.3) is 5.69 Å². The number of nitrogens with zero attached hydrogens (tertiary/aromatic N) is 8. The molecule has 52 heavy (non-hydrogen) atoms. The number of ether oxygens (including phenoxy) is 1. The van der Waals surface area contributed by atoms with Gasteiger partial charge in [-0.1, -0.05) is 33.3 Å². The second-order valence-corrected chi connectivity index (χ2v) is 13.6. The molecule has 1 aliphatic heterocycles. The van der Waals surface area contributed by atoms with Gasteiger partial charge in [-0.05, 0) is 78.9 Å². The van der Waals surface area contributed by atoms with Crippen molar-refractivity contribution in [1.29, 1.82) is 0 Å². The third kappa shape index (κ3) is 8.52. The number of hydrogen-bond acceptors (Lipinski definition) is 8. The van der Waals surface area contributed by atoms with Crippen molar-refractivity contribution in [3.05, 3.63) is 113 Å². The number of rotatable bonds is 16. The van der Waals surface area contributed by atoms with Crippen molar-refractivity contribution in [2.24, 2.45) is 11.8 Å². The number of halogens is 2. The SMILES string of the molecule is CC[C@@H](C)[C@H](CC)n1ncn(-c2ccc(N3CCN(c4ccc(OC[C@@H](CO)CC(Cn5cncn5)c5ccc(F)cc5F)cc4)CC3)cc2)c1=O. The van der Waals surface area contributed by atoms with E-state index in [-0.39, 0.29) is 36.8 Å². The van der Waals surface area contributed by atoms with E-state index in [4.69, 9.17) is 4.74 Å². The van der Waals surface area contributed by atoms with E-state index >= 15 is 0 Å². The molecule has 3 aromatic carbocycles. The Bertz CT molecular complexity index is 1910. The fourth-order valence-corrected chi connectivity index (χ4v) is 7.11. The Labute approximate surface area is 303 Å². The zero-order valence-corrected chi connectivity index (χ0v) is 30.1. The molecule has 1 unspecified atom stereocenters. The highest BCUT2D eigenvalue weighted by molar-refractivity contribution is 5.54. The maximum Gasteiger partial charge on any atom is 0.350 e. The third-order valence-corrected chi connectivity index (χ3v) is 10.3. The van der Waals surface area contributed by atoms with Crippen molar-refractivity contribution in [3.8, 4) is 11.4 Å². The highest BCUT2D eigenvalue weighted by Gasteiger charge is 2.24. The van der Waals surface area contributed by atoms with E-state index in [1.165, 1.54) is 18.5 Å². The summed E-state index contributed by atoms with van der Waals surface area (Å²) < 4.78 is 39.4. The standard InChI is InChI=1S/C39H48F2N8O3/c1-4-28(3)38(5-2)49-39(51)48(27-44-49)34-9-7-32(8-10-34)45-16-18-46(19-17-45)33-11-13-35(14-12-33)52-24-29(23-50)20-30(22-47-26-42-25-43-47)36-15-6-31(40)21-37(36)41/h6-15,21,25-30,38,50H,4-5,16-20,22-24H2,1-3H3/t28-,29-,30?,38+/m1/s1. The Balaban J connectivity index is 1.01. The fraction of sp³-hybridized carbons (Fsp3) is 0.436. The van der Waals surface area contributed by atoms with Gasteiger partial charge in [0.15, 0.2) is 0 Å². The van der Waals surface area contributed by atoms with Gasteiger partial charge in [0.1, 0.15) is 36.4 Å². The molecule has 1 N–H and O–H groups in total. The smallest absolute Gasteiger partial charge is 0.350 e. The zero-order valence-electron chi connectivity index (χ0n) is 30.1. The number of benzene rings is 3. The predicted molar refractivity (Wildman–Crippen MR) is 197 cm³/mol. The minimum Gasteiger partial charge on any atom is -0.493 e. The van der Waals surface area contributed by atoms with Crippen LogP contribution in [0.2, 0.25) is 0 Å². The average Bonchev–Trinajstić information content (AvgIpc) is 3.83. The number of aromatic nitrogens is 6. The van der Waals surface area contributed by atoms with Crippen molar-refractivity contribution in [2.45, 2.75) is 58.5 Å². The molecule has 0 bridgehead atoms. The van der Waals surface area contributed by atoms with Crippen LogP contribution in [0.4, 0.5) is 20.2 Å². The Morgan fingerprint density at radius 2 is 1.50 bits per heavy atom. The topological polar surface area (TPSA) is 106 Å². The Hall–Kier alpha value is -5.04. The van der Waals surface area contributed by atoms with Crippen molar-refractivity contribution in [3.63, 3.8) is 0 Å². The second kappa shape index (κ2) is 17.0. The first kappa shape index (κ1) is 36.7. The average molecular weight is 715 g/mol. The van der Waals surface area contributed by atoms with E-state index in [0.717, 1.165) is 62.1 Å². The van der Waals surface area contributed by atoms with Gasteiger partial charge < -0.3 is 19.6 Å². The molecule has 276 valence electrons. The summed E-state index contributed by atoms with van der Waals surface area (Å²) >= 11 is 0. The zero-order chi connectivity index (χ0) is 36.6. The van der Waals surface area contributed by atoms with Crippen LogP contribution in [0.3, 0.4) is 0 Å². The maximum atomic E-state index is 14.8. The molecule has 1 aliphatic rings. The molecule has 0 spiro atoms. The van der Waals surface area contributed by atoms with Crippen LogP contribution >= 0.6 is 0 Å². The second-order valence-electron chi connectivity index (χ2n) is 13.6. The highest BCUT2D eigenvalue weighted by Crippen LogP contribution is 2.30. The van der Waals surface area contributed by atoms with Gasteiger partial charge in [0.05, 0.1) is 18.3 Å². The van der Waals surface area contributed by atoms with Crippen LogP contribution in [-0.4, -0.2) is 73.6 Å². The number of anilines is 2. The quantitative estimate of drug-likeness (QED) is 0.131. The van der Waals surface area contributed by atoms with Gasteiger partial charge in [0, 0.05) is 68.6 Å². The molecule has 1 saturated heterocycles.